The molecule has 0 saturated carbocycles. The van der Waals surface area contributed by atoms with Crippen LogP contribution in [0.4, 0.5) is 0 Å². The average Bonchev–Trinajstić information content (AvgIpc) is 2.54. The van der Waals surface area contributed by atoms with E-state index in [-0.39, 0.29) is 0 Å². The molecule has 0 fully saturated rings. The van der Waals surface area contributed by atoms with E-state index in [1.54, 1.807) is 0 Å². The number of nitrogens with one attached hydrogen (secondary N) is 1. The van der Waals surface area contributed by atoms with Crippen LogP contribution in [0.25, 0.3) is 0 Å². The van der Waals surface area contributed by atoms with Gasteiger partial charge in [-0.3, -0.25) is 0 Å². The Morgan fingerprint density at radius 1 is 0.905 bits per heavy atom. The van der Waals surface area contributed by atoms with Gasteiger partial charge in [0.05, 0.1) is 0 Å². The smallest absolute Gasteiger partial charge is 0.0316 e. The summed E-state index contributed by atoms with van der Waals surface area (Å²) in [4.78, 5) is 1.33. The van der Waals surface area contributed by atoms with Crippen molar-refractivity contribution >= 4 is 11.8 Å². The van der Waals surface area contributed by atoms with Crippen molar-refractivity contribution in [1.82, 2.24) is 5.32 Å². The highest BCUT2D eigenvalue weighted by atomic mass is 32.2. The Kier molecular flexibility index (Phi) is 6.34. The number of rotatable bonds is 7. The van der Waals surface area contributed by atoms with Gasteiger partial charge in [-0.15, -0.1) is 11.8 Å². The van der Waals surface area contributed by atoms with Gasteiger partial charge in [-0.05, 0) is 50.1 Å². The Morgan fingerprint density at radius 3 is 2.19 bits per heavy atom. The van der Waals surface area contributed by atoms with E-state index in [2.05, 4.69) is 80.7 Å². The van der Waals surface area contributed by atoms with Crippen molar-refractivity contribution in [2.45, 2.75) is 43.4 Å². The summed E-state index contributed by atoms with van der Waals surface area (Å²) in [6.45, 7) is 7.76. The van der Waals surface area contributed by atoms with Crippen LogP contribution in [-0.4, -0.2) is 6.54 Å². The van der Waals surface area contributed by atoms with Crippen LogP contribution >= 0.6 is 11.8 Å². The van der Waals surface area contributed by atoms with E-state index in [0.29, 0.717) is 11.3 Å². The zero-order valence-corrected chi connectivity index (χ0v) is 14.0. The molecule has 0 aliphatic carbocycles. The largest absolute Gasteiger partial charge is 0.310 e. The molecular weight excluding hydrogens is 274 g/mol. The maximum atomic E-state index is 3.53. The number of hydrogen-bond donors (Lipinski definition) is 1. The van der Waals surface area contributed by atoms with Crippen molar-refractivity contribution in [2.24, 2.45) is 0 Å². The summed E-state index contributed by atoms with van der Waals surface area (Å²) in [5, 5.41) is 4.01. The van der Waals surface area contributed by atoms with E-state index in [1.807, 2.05) is 11.8 Å². The molecule has 21 heavy (non-hydrogen) atoms. The van der Waals surface area contributed by atoms with E-state index in [1.165, 1.54) is 22.4 Å². The average molecular weight is 299 g/mol. The first-order valence-electron chi connectivity index (χ1n) is 7.75. The topological polar surface area (TPSA) is 12.0 Å². The molecule has 1 nitrogen and oxygen atoms in total. The van der Waals surface area contributed by atoms with Gasteiger partial charge in [0.2, 0.25) is 0 Å². The lowest BCUT2D eigenvalue weighted by atomic mass is 10.1. The molecule has 0 amide bonds. The van der Waals surface area contributed by atoms with Crippen LogP contribution in [-0.2, 0) is 0 Å². The predicted molar refractivity (Wildman–Crippen MR) is 93.9 cm³/mol. The SMILES string of the molecule is CCCNC(C)c1ccc(SC(C)c2ccccc2)cc1. The molecule has 2 atom stereocenters. The second-order valence-corrected chi connectivity index (χ2v) is 6.83. The van der Waals surface area contributed by atoms with Crippen LogP contribution in [0.1, 0.15) is 49.6 Å². The lowest BCUT2D eigenvalue weighted by Gasteiger charge is -2.15. The summed E-state index contributed by atoms with van der Waals surface area (Å²) in [5.74, 6) is 0. The van der Waals surface area contributed by atoms with Gasteiger partial charge in [-0.1, -0.05) is 49.4 Å². The summed E-state index contributed by atoms with van der Waals surface area (Å²) in [5.41, 5.74) is 2.74. The Morgan fingerprint density at radius 2 is 1.57 bits per heavy atom. The zero-order chi connectivity index (χ0) is 15.1. The third kappa shape index (κ3) is 4.90. The van der Waals surface area contributed by atoms with Crippen LogP contribution in [0.3, 0.4) is 0 Å². The minimum absolute atomic E-state index is 0.426. The molecule has 112 valence electrons. The van der Waals surface area contributed by atoms with Crippen molar-refractivity contribution in [2.75, 3.05) is 6.54 Å². The molecule has 0 aliphatic rings. The third-order valence-electron chi connectivity index (χ3n) is 3.66. The van der Waals surface area contributed by atoms with Gasteiger partial charge in [0.25, 0.3) is 0 Å². The fraction of sp³-hybridized carbons (Fsp3) is 0.368. The van der Waals surface area contributed by atoms with Crippen molar-refractivity contribution < 1.29 is 0 Å². The van der Waals surface area contributed by atoms with Crippen molar-refractivity contribution in [3.63, 3.8) is 0 Å². The standard InChI is InChI=1S/C19H25NS/c1-4-14-20-15(2)17-10-12-19(13-11-17)21-16(3)18-8-6-5-7-9-18/h5-13,15-16,20H,4,14H2,1-3H3. The Hall–Kier alpha value is -1.25. The molecule has 0 heterocycles. The van der Waals surface area contributed by atoms with E-state index >= 15 is 0 Å². The molecule has 2 rings (SSSR count). The second kappa shape index (κ2) is 8.26. The number of hydrogen-bond acceptors (Lipinski definition) is 2. The maximum Gasteiger partial charge on any atom is 0.0316 e. The van der Waals surface area contributed by atoms with Crippen LogP contribution in [0, 0.1) is 0 Å². The minimum atomic E-state index is 0.426. The lowest BCUT2D eigenvalue weighted by Crippen LogP contribution is -2.19. The summed E-state index contributed by atoms with van der Waals surface area (Å²) >= 11 is 1.91. The van der Waals surface area contributed by atoms with Crippen LogP contribution in [0.15, 0.2) is 59.5 Å². The highest BCUT2D eigenvalue weighted by Crippen LogP contribution is 2.34. The monoisotopic (exact) mass is 299 g/mol. The molecule has 2 aromatic carbocycles. The quantitative estimate of drug-likeness (QED) is 0.668. The summed E-state index contributed by atoms with van der Waals surface area (Å²) in [7, 11) is 0. The van der Waals surface area contributed by atoms with E-state index in [0.717, 1.165) is 6.54 Å². The molecule has 1 N–H and O–H groups in total. The van der Waals surface area contributed by atoms with Gasteiger partial charge in [-0.2, -0.15) is 0 Å². The Bertz CT molecular complexity index is 521. The molecule has 2 unspecified atom stereocenters. The van der Waals surface area contributed by atoms with Gasteiger partial charge in [0, 0.05) is 16.2 Å². The molecule has 2 aromatic rings. The Balaban J connectivity index is 1.96. The fourth-order valence-electron chi connectivity index (χ4n) is 2.31. The highest BCUT2D eigenvalue weighted by Gasteiger charge is 2.08. The van der Waals surface area contributed by atoms with Gasteiger partial charge >= 0.3 is 0 Å². The lowest BCUT2D eigenvalue weighted by molar-refractivity contribution is 0.570. The molecule has 0 spiro atoms. The normalized spacial score (nSPS) is 13.9. The first-order chi connectivity index (χ1) is 10.2. The van der Waals surface area contributed by atoms with Gasteiger partial charge in [0.1, 0.15) is 0 Å². The van der Waals surface area contributed by atoms with Crippen molar-refractivity contribution in [3.8, 4) is 0 Å². The van der Waals surface area contributed by atoms with Gasteiger partial charge < -0.3 is 5.32 Å². The first-order valence-corrected chi connectivity index (χ1v) is 8.63. The molecule has 2 heteroatoms. The highest BCUT2D eigenvalue weighted by molar-refractivity contribution is 7.99. The molecule has 0 aliphatic heterocycles. The molecule has 0 saturated heterocycles. The first kappa shape index (κ1) is 16.1. The molecular formula is C19H25NS. The summed E-state index contributed by atoms with van der Waals surface area (Å²) in [6, 6.07) is 20.1. The maximum absolute atomic E-state index is 3.53. The van der Waals surface area contributed by atoms with Crippen LogP contribution < -0.4 is 5.32 Å². The molecule has 0 radical (unpaired) electrons. The fourth-order valence-corrected chi connectivity index (χ4v) is 3.30. The molecule has 0 bridgehead atoms. The molecule has 0 aromatic heterocycles. The van der Waals surface area contributed by atoms with E-state index in [9.17, 15) is 0 Å². The second-order valence-electron chi connectivity index (χ2n) is 5.42. The summed E-state index contributed by atoms with van der Waals surface area (Å²) < 4.78 is 0. The van der Waals surface area contributed by atoms with Gasteiger partial charge in [-0.25, -0.2) is 0 Å². The van der Waals surface area contributed by atoms with E-state index < -0.39 is 0 Å². The van der Waals surface area contributed by atoms with Crippen molar-refractivity contribution in [1.29, 1.82) is 0 Å². The summed E-state index contributed by atoms with van der Waals surface area (Å²) in [6.07, 6.45) is 1.17. The van der Waals surface area contributed by atoms with Crippen molar-refractivity contribution in [3.05, 3.63) is 65.7 Å². The number of thioether (sulfide) groups is 1. The third-order valence-corrected chi connectivity index (χ3v) is 4.83. The zero-order valence-electron chi connectivity index (χ0n) is 13.2. The minimum Gasteiger partial charge on any atom is -0.310 e. The van der Waals surface area contributed by atoms with Crippen LogP contribution in [0.5, 0.6) is 0 Å². The van der Waals surface area contributed by atoms with E-state index in [4.69, 9.17) is 0 Å². The van der Waals surface area contributed by atoms with Crippen LogP contribution in [0.2, 0.25) is 0 Å². The number of benzene rings is 2. The van der Waals surface area contributed by atoms with Gasteiger partial charge in [0.15, 0.2) is 0 Å². The predicted octanol–water partition coefficient (Wildman–Crippen LogP) is 5.60. The Labute approximate surface area is 133 Å².